The van der Waals surface area contributed by atoms with Crippen molar-refractivity contribution in [2.75, 3.05) is 33.4 Å². The van der Waals surface area contributed by atoms with Crippen molar-refractivity contribution in [3.8, 4) is 16.9 Å². The second-order valence-electron chi connectivity index (χ2n) is 6.62. The number of benzene rings is 2. The van der Waals surface area contributed by atoms with E-state index in [4.69, 9.17) is 9.47 Å². The van der Waals surface area contributed by atoms with Gasteiger partial charge >= 0.3 is 0 Å². The van der Waals surface area contributed by atoms with Crippen LogP contribution in [-0.4, -0.2) is 55.4 Å². The van der Waals surface area contributed by atoms with E-state index in [-0.39, 0.29) is 17.8 Å². The predicted octanol–water partition coefficient (Wildman–Crippen LogP) is 3.47. The van der Waals surface area contributed by atoms with Crippen molar-refractivity contribution in [1.29, 1.82) is 0 Å². The molecule has 144 valence electrons. The minimum atomic E-state index is -0.505. The van der Waals surface area contributed by atoms with Crippen LogP contribution in [0.2, 0.25) is 0 Å². The number of amides is 1. The van der Waals surface area contributed by atoms with E-state index in [1.54, 1.807) is 36.3 Å². The number of carbonyl (C=O) groups excluding carboxylic acids is 1. The zero-order chi connectivity index (χ0) is 19.2. The largest absolute Gasteiger partial charge is 0.508 e. The second-order valence-corrected chi connectivity index (χ2v) is 6.62. The average Bonchev–Trinajstić information content (AvgIpc) is 3.18. The van der Waals surface area contributed by atoms with Crippen LogP contribution in [0.5, 0.6) is 5.75 Å². The number of carbonyl (C=O) groups is 1. The van der Waals surface area contributed by atoms with Gasteiger partial charge in [0.25, 0.3) is 5.91 Å². The van der Waals surface area contributed by atoms with Gasteiger partial charge < -0.3 is 19.5 Å². The number of methoxy groups -OCH3 is 1. The van der Waals surface area contributed by atoms with Gasteiger partial charge in [0.15, 0.2) is 0 Å². The molecule has 3 rings (SSSR count). The van der Waals surface area contributed by atoms with Crippen LogP contribution in [0.15, 0.2) is 42.5 Å². The van der Waals surface area contributed by atoms with Crippen molar-refractivity contribution in [2.45, 2.75) is 18.9 Å². The number of rotatable bonds is 7. The summed E-state index contributed by atoms with van der Waals surface area (Å²) in [5.41, 5.74) is 1.56. The van der Waals surface area contributed by atoms with Crippen molar-refractivity contribution in [1.82, 2.24) is 4.90 Å². The first kappa shape index (κ1) is 19.3. The Balaban J connectivity index is 1.75. The Morgan fingerprint density at radius 3 is 2.70 bits per heavy atom. The molecule has 0 radical (unpaired) electrons. The smallest absolute Gasteiger partial charge is 0.254 e. The van der Waals surface area contributed by atoms with Crippen molar-refractivity contribution in [3.05, 3.63) is 53.8 Å². The molecule has 6 heteroatoms. The molecule has 0 aromatic heterocycles. The van der Waals surface area contributed by atoms with Gasteiger partial charge in [-0.1, -0.05) is 12.1 Å². The minimum absolute atomic E-state index is 0.0659. The third-order valence-electron chi connectivity index (χ3n) is 4.70. The lowest BCUT2D eigenvalue weighted by Gasteiger charge is -2.25. The summed E-state index contributed by atoms with van der Waals surface area (Å²) >= 11 is 0. The van der Waals surface area contributed by atoms with Gasteiger partial charge in [0, 0.05) is 44.0 Å². The summed E-state index contributed by atoms with van der Waals surface area (Å²) in [6, 6.07) is 10.8. The lowest BCUT2D eigenvalue weighted by Crippen LogP contribution is -2.39. The lowest BCUT2D eigenvalue weighted by molar-refractivity contribution is 0.0456. The molecule has 1 heterocycles. The third-order valence-corrected chi connectivity index (χ3v) is 4.70. The lowest BCUT2D eigenvalue weighted by atomic mass is 10.0. The maximum atomic E-state index is 14.0. The van der Waals surface area contributed by atoms with Crippen LogP contribution in [0, 0.1) is 5.82 Å². The normalized spacial score (nSPS) is 16.4. The highest BCUT2D eigenvalue weighted by molar-refractivity contribution is 5.94. The number of nitrogens with zero attached hydrogens (tertiary/aromatic N) is 1. The number of ether oxygens (including phenoxy) is 2. The van der Waals surface area contributed by atoms with Crippen LogP contribution in [0.3, 0.4) is 0 Å². The monoisotopic (exact) mass is 373 g/mol. The average molecular weight is 373 g/mol. The van der Waals surface area contributed by atoms with Gasteiger partial charge in [-0.3, -0.25) is 4.79 Å². The summed E-state index contributed by atoms with van der Waals surface area (Å²) in [5.74, 6) is -0.722. The molecule has 2 aromatic carbocycles. The standard InChI is InChI=1S/C21H24FNO4/c1-26-12-10-23(14-18-3-2-11-27-18)21(25)16-6-4-15(5-7-16)19-9-8-17(24)13-20(19)22/h4-9,13,18,24H,2-3,10-12,14H2,1H3. The molecule has 5 nitrogen and oxygen atoms in total. The molecular formula is C21H24FNO4. The maximum absolute atomic E-state index is 14.0. The van der Waals surface area contributed by atoms with Gasteiger partial charge in [-0.15, -0.1) is 0 Å². The number of hydrogen-bond donors (Lipinski definition) is 1. The van der Waals surface area contributed by atoms with Gasteiger partial charge in [-0.05, 0) is 42.7 Å². The summed E-state index contributed by atoms with van der Waals surface area (Å²) < 4.78 is 24.8. The zero-order valence-corrected chi connectivity index (χ0v) is 15.4. The second kappa shape index (κ2) is 8.97. The quantitative estimate of drug-likeness (QED) is 0.807. The van der Waals surface area contributed by atoms with Gasteiger partial charge in [0.1, 0.15) is 11.6 Å². The van der Waals surface area contributed by atoms with Crippen LogP contribution >= 0.6 is 0 Å². The van der Waals surface area contributed by atoms with Gasteiger partial charge in [-0.2, -0.15) is 0 Å². The molecular weight excluding hydrogens is 349 g/mol. The topological polar surface area (TPSA) is 59.0 Å². The fourth-order valence-corrected chi connectivity index (χ4v) is 3.22. The number of phenols is 1. The van der Waals surface area contributed by atoms with Crippen molar-refractivity contribution < 1.29 is 23.8 Å². The Morgan fingerprint density at radius 2 is 2.07 bits per heavy atom. The Hall–Kier alpha value is -2.44. The number of phenolic OH excluding ortho intramolecular Hbond substituents is 1. The molecule has 2 aromatic rings. The first-order valence-corrected chi connectivity index (χ1v) is 9.07. The van der Waals surface area contributed by atoms with E-state index in [1.807, 2.05) is 0 Å². The van der Waals surface area contributed by atoms with Crippen LogP contribution < -0.4 is 0 Å². The Bertz CT molecular complexity index is 772. The van der Waals surface area contributed by atoms with Crippen LogP contribution in [0.1, 0.15) is 23.2 Å². The van der Waals surface area contributed by atoms with E-state index in [1.165, 1.54) is 12.1 Å². The number of hydrogen-bond acceptors (Lipinski definition) is 4. The molecule has 1 aliphatic heterocycles. The van der Waals surface area contributed by atoms with E-state index in [9.17, 15) is 14.3 Å². The first-order valence-electron chi connectivity index (χ1n) is 9.07. The van der Waals surface area contributed by atoms with Crippen molar-refractivity contribution >= 4 is 5.91 Å². The highest BCUT2D eigenvalue weighted by atomic mass is 19.1. The number of halogens is 1. The molecule has 1 fully saturated rings. The Morgan fingerprint density at radius 1 is 1.30 bits per heavy atom. The molecule has 1 amide bonds. The van der Waals surface area contributed by atoms with Gasteiger partial charge in [0.2, 0.25) is 0 Å². The molecule has 1 atom stereocenters. The van der Waals surface area contributed by atoms with E-state index in [0.29, 0.717) is 36.4 Å². The SMILES string of the molecule is COCCN(CC1CCCO1)C(=O)c1ccc(-c2ccc(O)cc2F)cc1. The van der Waals surface area contributed by atoms with E-state index in [2.05, 4.69) is 0 Å². The van der Waals surface area contributed by atoms with Crippen molar-refractivity contribution in [2.24, 2.45) is 0 Å². The third kappa shape index (κ3) is 4.84. The number of aromatic hydroxyl groups is 1. The highest BCUT2D eigenvalue weighted by Crippen LogP contribution is 2.26. The summed E-state index contributed by atoms with van der Waals surface area (Å²) in [6.07, 6.45) is 2.04. The molecule has 0 spiro atoms. The molecule has 1 aliphatic rings. The summed E-state index contributed by atoms with van der Waals surface area (Å²) in [4.78, 5) is 14.7. The Labute approximate surface area is 158 Å². The summed E-state index contributed by atoms with van der Waals surface area (Å²) in [6.45, 7) is 2.22. The van der Waals surface area contributed by atoms with E-state index in [0.717, 1.165) is 25.5 Å². The summed E-state index contributed by atoms with van der Waals surface area (Å²) in [5, 5.41) is 9.34. The molecule has 0 saturated carbocycles. The predicted molar refractivity (Wildman–Crippen MR) is 100 cm³/mol. The fourth-order valence-electron chi connectivity index (χ4n) is 3.22. The molecule has 0 bridgehead atoms. The fraction of sp³-hybridized carbons (Fsp3) is 0.381. The maximum Gasteiger partial charge on any atom is 0.254 e. The van der Waals surface area contributed by atoms with Crippen LogP contribution in [0.25, 0.3) is 11.1 Å². The first-order chi connectivity index (χ1) is 13.1. The van der Waals surface area contributed by atoms with Crippen LogP contribution in [0.4, 0.5) is 4.39 Å². The molecule has 0 aliphatic carbocycles. The van der Waals surface area contributed by atoms with Gasteiger partial charge in [-0.25, -0.2) is 4.39 Å². The van der Waals surface area contributed by atoms with E-state index < -0.39 is 5.82 Å². The minimum Gasteiger partial charge on any atom is -0.508 e. The molecule has 1 unspecified atom stereocenters. The zero-order valence-electron chi connectivity index (χ0n) is 15.4. The summed E-state index contributed by atoms with van der Waals surface area (Å²) in [7, 11) is 1.61. The van der Waals surface area contributed by atoms with Gasteiger partial charge in [0.05, 0.1) is 12.7 Å². The van der Waals surface area contributed by atoms with Crippen molar-refractivity contribution in [3.63, 3.8) is 0 Å². The van der Waals surface area contributed by atoms with Crippen LogP contribution in [-0.2, 0) is 9.47 Å². The Kier molecular flexibility index (Phi) is 6.42. The molecule has 27 heavy (non-hydrogen) atoms. The van der Waals surface area contributed by atoms with E-state index >= 15 is 0 Å². The molecule has 1 N–H and O–H groups in total. The molecule has 1 saturated heterocycles. The highest BCUT2D eigenvalue weighted by Gasteiger charge is 2.23.